The molecule has 6 heteroatoms. The number of aromatic amines is 1. The highest BCUT2D eigenvalue weighted by Crippen LogP contribution is 2.29. The molecule has 0 aliphatic carbocycles. The van der Waals surface area contributed by atoms with Crippen LogP contribution >= 0.6 is 10.7 Å². The number of aryl methyl sites for hydroxylation is 1. The fourth-order valence-corrected chi connectivity index (χ4v) is 3.05. The highest BCUT2D eigenvalue weighted by Gasteiger charge is 2.19. The number of nitrogens with one attached hydrogen (secondary N) is 1. The molecular formula is C9H7ClFNO2S. The molecule has 1 heterocycles. The van der Waals surface area contributed by atoms with Gasteiger partial charge in [0.2, 0.25) is 0 Å². The number of H-pyrrole nitrogens is 1. The molecule has 0 bridgehead atoms. The van der Waals surface area contributed by atoms with E-state index in [9.17, 15) is 12.8 Å². The van der Waals surface area contributed by atoms with E-state index in [1.54, 1.807) is 6.92 Å². The topological polar surface area (TPSA) is 49.9 Å². The molecule has 0 aliphatic rings. The molecule has 2 rings (SSSR count). The first-order valence-corrected chi connectivity index (χ1v) is 6.43. The van der Waals surface area contributed by atoms with Crippen molar-refractivity contribution in [3.8, 4) is 0 Å². The van der Waals surface area contributed by atoms with Crippen molar-refractivity contribution in [1.29, 1.82) is 0 Å². The Bertz CT molecular complexity index is 633. The van der Waals surface area contributed by atoms with Gasteiger partial charge in [-0.3, -0.25) is 0 Å². The van der Waals surface area contributed by atoms with Gasteiger partial charge in [0.05, 0.1) is 0 Å². The fraction of sp³-hybridized carbons (Fsp3) is 0.111. The third-order valence-corrected chi connectivity index (χ3v) is 3.61. The summed E-state index contributed by atoms with van der Waals surface area (Å²) >= 11 is 0. The smallest absolute Gasteiger partial charge is 0.263 e. The molecule has 0 radical (unpaired) electrons. The van der Waals surface area contributed by atoms with Gasteiger partial charge in [-0.25, -0.2) is 12.8 Å². The average molecular weight is 248 g/mol. The summed E-state index contributed by atoms with van der Waals surface area (Å²) in [4.78, 5) is 2.78. The van der Waals surface area contributed by atoms with Gasteiger partial charge in [-0.2, -0.15) is 0 Å². The minimum Gasteiger partial charge on any atom is -0.357 e. The molecule has 0 spiro atoms. The van der Waals surface area contributed by atoms with Crippen LogP contribution in [0.3, 0.4) is 0 Å². The Morgan fingerprint density at radius 2 is 2.07 bits per heavy atom. The zero-order chi connectivity index (χ0) is 11.2. The van der Waals surface area contributed by atoms with Crippen molar-refractivity contribution in [2.24, 2.45) is 0 Å². The summed E-state index contributed by atoms with van der Waals surface area (Å²) < 4.78 is 35.4. The summed E-state index contributed by atoms with van der Waals surface area (Å²) in [5, 5.41) is 0.406. The Morgan fingerprint density at radius 1 is 1.40 bits per heavy atom. The van der Waals surface area contributed by atoms with Gasteiger partial charge in [-0.15, -0.1) is 0 Å². The van der Waals surface area contributed by atoms with Gasteiger partial charge in [-0.05, 0) is 25.1 Å². The summed E-state index contributed by atoms with van der Waals surface area (Å²) in [6.07, 6.45) is 0. The molecule has 0 aliphatic heterocycles. The van der Waals surface area contributed by atoms with Crippen LogP contribution in [0, 0.1) is 12.7 Å². The van der Waals surface area contributed by atoms with Crippen LogP contribution in [0.25, 0.3) is 10.9 Å². The van der Waals surface area contributed by atoms with Crippen molar-refractivity contribution in [2.45, 2.75) is 11.8 Å². The quantitative estimate of drug-likeness (QED) is 0.788. The van der Waals surface area contributed by atoms with Gasteiger partial charge in [0, 0.05) is 27.3 Å². The third kappa shape index (κ3) is 1.72. The van der Waals surface area contributed by atoms with Gasteiger partial charge in [0.1, 0.15) is 10.7 Å². The number of benzene rings is 1. The summed E-state index contributed by atoms with van der Waals surface area (Å²) in [5.41, 5.74) is 0.831. The second-order valence-corrected chi connectivity index (χ2v) is 5.71. The van der Waals surface area contributed by atoms with Crippen LogP contribution in [-0.4, -0.2) is 13.4 Å². The monoisotopic (exact) mass is 247 g/mol. The first kappa shape index (κ1) is 10.4. The first-order valence-electron chi connectivity index (χ1n) is 4.12. The largest absolute Gasteiger partial charge is 0.357 e. The van der Waals surface area contributed by atoms with E-state index in [2.05, 4.69) is 4.98 Å². The lowest BCUT2D eigenvalue weighted by atomic mass is 10.2. The van der Waals surface area contributed by atoms with Gasteiger partial charge in [0.15, 0.2) is 0 Å². The fourth-order valence-electron chi connectivity index (χ4n) is 1.59. The minimum absolute atomic E-state index is 0.0131. The minimum atomic E-state index is -3.81. The molecule has 0 amide bonds. The van der Waals surface area contributed by atoms with Crippen molar-refractivity contribution >= 4 is 30.6 Å². The molecule has 1 N–H and O–H groups in total. The lowest BCUT2D eigenvalue weighted by Crippen LogP contribution is -1.91. The zero-order valence-corrected chi connectivity index (χ0v) is 9.29. The van der Waals surface area contributed by atoms with Crippen LogP contribution in [0.1, 0.15) is 5.69 Å². The average Bonchev–Trinajstić information content (AvgIpc) is 2.38. The van der Waals surface area contributed by atoms with Crippen LogP contribution in [0.15, 0.2) is 23.1 Å². The van der Waals surface area contributed by atoms with E-state index in [1.165, 1.54) is 18.2 Å². The maximum absolute atomic E-state index is 12.9. The van der Waals surface area contributed by atoms with Crippen LogP contribution in [0.4, 0.5) is 4.39 Å². The number of aromatic nitrogens is 1. The molecule has 15 heavy (non-hydrogen) atoms. The highest BCUT2D eigenvalue weighted by molar-refractivity contribution is 8.14. The van der Waals surface area contributed by atoms with Gasteiger partial charge in [-0.1, -0.05) is 0 Å². The summed E-state index contributed by atoms with van der Waals surface area (Å²) in [5.74, 6) is -0.428. The molecule has 0 saturated carbocycles. The zero-order valence-electron chi connectivity index (χ0n) is 7.71. The molecule has 1 aromatic carbocycles. The maximum Gasteiger partial charge on any atom is 0.263 e. The standard InChI is InChI=1S/C9H7ClFNO2S/c1-5-9(15(10,13)14)7-3-2-6(11)4-8(7)12-5/h2-4,12H,1H3. The summed E-state index contributed by atoms with van der Waals surface area (Å²) in [6.45, 7) is 1.58. The number of fused-ring (bicyclic) bond motifs is 1. The predicted octanol–water partition coefficient (Wildman–Crippen LogP) is 2.54. The Morgan fingerprint density at radius 3 is 2.67 bits per heavy atom. The van der Waals surface area contributed by atoms with Crippen LogP contribution < -0.4 is 0 Å². The number of rotatable bonds is 1. The Kier molecular flexibility index (Phi) is 2.24. The molecule has 0 atom stereocenters. The molecule has 2 aromatic rings. The third-order valence-electron chi connectivity index (χ3n) is 2.13. The van der Waals surface area contributed by atoms with E-state index in [1.807, 2.05) is 0 Å². The Hall–Kier alpha value is -1.07. The van der Waals surface area contributed by atoms with Crippen molar-refractivity contribution in [2.75, 3.05) is 0 Å². The summed E-state index contributed by atoms with van der Waals surface area (Å²) in [6, 6.07) is 3.82. The van der Waals surface area contributed by atoms with Crippen molar-refractivity contribution < 1.29 is 12.8 Å². The number of hydrogen-bond donors (Lipinski definition) is 1. The second-order valence-electron chi connectivity index (χ2n) is 3.21. The van der Waals surface area contributed by atoms with Crippen molar-refractivity contribution in [3.05, 3.63) is 29.7 Å². The SMILES string of the molecule is Cc1[nH]c2cc(F)ccc2c1S(=O)(=O)Cl. The van der Waals surface area contributed by atoms with E-state index in [4.69, 9.17) is 10.7 Å². The first-order chi connectivity index (χ1) is 6.89. The molecule has 0 fully saturated rings. The van der Waals surface area contributed by atoms with Gasteiger partial charge >= 0.3 is 0 Å². The normalized spacial score (nSPS) is 12.2. The molecule has 3 nitrogen and oxygen atoms in total. The van der Waals surface area contributed by atoms with Gasteiger partial charge < -0.3 is 4.98 Å². The summed E-state index contributed by atoms with van der Waals surface area (Å²) in [7, 11) is 1.47. The van der Waals surface area contributed by atoms with Gasteiger partial charge in [0.25, 0.3) is 9.05 Å². The van der Waals surface area contributed by atoms with E-state index < -0.39 is 14.9 Å². The number of halogens is 2. The maximum atomic E-state index is 12.9. The molecule has 0 saturated heterocycles. The lowest BCUT2D eigenvalue weighted by Gasteiger charge is -1.94. The highest BCUT2D eigenvalue weighted by atomic mass is 35.7. The molecule has 1 aromatic heterocycles. The van der Waals surface area contributed by atoms with E-state index in [-0.39, 0.29) is 4.90 Å². The Labute approximate surface area is 90.3 Å². The van der Waals surface area contributed by atoms with Crippen molar-refractivity contribution in [1.82, 2.24) is 4.98 Å². The molecular weight excluding hydrogens is 241 g/mol. The van der Waals surface area contributed by atoms with Crippen LogP contribution in [-0.2, 0) is 9.05 Å². The number of hydrogen-bond acceptors (Lipinski definition) is 2. The van der Waals surface area contributed by atoms with Crippen LogP contribution in [0.2, 0.25) is 0 Å². The molecule has 80 valence electrons. The predicted molar refractivity (Wildman–Crippen MR) is 56.0 cm³/mol. The van der Waals surface area contributed by atoms with E-state index in [0.29, 0.717) is 16.6 Å². The Balaban J connectivity index is 2.92. The van der Waals surface area contributed by atoms with Crippen molar-refractivity contribution in [3.63, 3.8) is 0 Å². The molecule has 0 unspecified atom stereocenters. The van der Waals surface area contributed by atoms with E-state index in [0.717, 1.165) is 0 Å². The lowest BCUT2D eigenvalue weighted by molar-refractivity contribution is 0.609. The second kappa shape index (κ2) is 3.21. The van der Waals surface area contributed by atoms with Crippen LogP contribution in [0.5, 0.6) is 0 Å². The van der Waals surface area contributed by atoms with E-state index >= 15 is 0 Å².